The lowest BCUT2D eigenvalue weighted by Gasteiger charge is -2.34. The number of nitrogens with one attached hydrogen (secondary N) is 2. The highest BCUT2D eigenvalue weighted by atomic mass is 32.2. The molecule has 0 saturated carbocycles. The Labute approximate surface area is 179 Å². The van der Waals surface area contributed by atoms with Gasteiger partial charge in [0, 0.05) is 36.4 Å². The van der Waals surface area contributed by atoms with Gasteiger partial charge in [0.25, 0.3) is 5.91 Å². The molecule has 1 amide bonds. The van der Waals surface area contributed by atoms with Crippen LogP contribution in [0.2, 0.25) is 0 Å². The summed E-state index contributed by atoms with van der Waals surface area (Å²) in [5.74, 6) is -0.202. The van der Waals surface area contributed by atoms with Crippen LogP contribution in [-0.4, -0.2) is 62.3 Å². The van der Waals surface area contributed by atoms with Gasteiger partial charge in [-0.2, -0.15) is 0 Å². The Bertz CT molecular complexity index is 931. The van der Waals surface area contributed by atoms with Gasteiger partial charge in [0.05, 0.1) is 29.0 Å². The van der Waals surface area contributed by atoms with Crippen molar-refractivity contribution in [3.8, 4) is 0 Å². The van der Waals surface area contributed by atoms with Gasteiger partial charge >= 0.3 is 0 Å². The molecular weight excluding hydrogens is 432 g/mol. The summed E-state index contributed by atoms with van der Waals surface area (Å²) < 4.78 is 30.4. The standard InChI is InChI=1S/C18H26N4O4S3/c1-12-8-22(9-13(2)26-12)10-14-11-27-18(20-14)21-17(23)16-5-4-15(28-16)6-7-19-29(3,24)25/h4-5,11-13,19H,6-10H2,1-3H3,(H,20,21,23). The molecule has 2 atom stereocenters. The van der Waals surface area contributed by atoms with Crippen molar-refractivity contribution in [2.45, 2.75) is 39.0 Å². The van der Waals surface area contributed by atoms with E-state index in [1.807, 2.05) is 11.4 Å². The largest absolute Gasteiger partial charge is 0.373 e. The van der Waals surface area contributed by atoms with E-state index >= 15 is 0 Å². The van der Waals surface area contributed by atoms with E-state index in [1.165, 1.54) is 22.7 Å². The average Bonchev–Trinajstić information content (AvgIpc) is 3.22. The number of ether oxygens (including phenoxy) is 1. The lowest BCUT2D eigenvalue weighted by atomic mass is 10.2. The summed E-state index contributed by atoms with van der Waals surface area (Å²) in [6, 6.07) is 3.60. The van der Waals surface area contributed by atoms with Crippen molar-refractivity contribution in [1.29, 1.82) is 0 Å². The third-order valence-corrected chi connectivity index (χ3v) is 6.95. The molecule has 0 aromatic carbocycles. The Balaban J connectivity index is 1.51. The van der Waals surface area contributed by atoms with Crippen LogP contribution in [0.15, 0.2) is 17.5 Å². The first-order valence-electron chi connectivity index (χ1n) is 9.35. The van der Waals surface area contributed by atoms with Crippen LogP contribution in [0.25, 0.3) is 0 Å². The van der Waals surface area contributed by atoms with Gasteiger partial charge in [-0.3, -0.25) is 15.0 Å². The Kier molecular flexibility index (Phi) is 7.41. The van der Waals surface area contributed by atoms with Crippen molar-refractivity contribution in [1.82, 2.24) is 14.6 Å². The monoisotopic (exact) mass is 458 g/mol. The van der Waals surface area contributed by atoms with Gasteiger partial charge in [-0.15, -0.1) is 22.7 Å². The number of hydrogen-bond acceptors (Lipinski definition) is 8. The molecule has 160 valence electrons. The van der Waals surface area contributed by atoms with Crippen LogP contribution in [0.3, 0.4) is 0 Å². The highest BCUT2D eigenvalue weighted by Crippen LogP contribution is 2.22. The van der Waals surface area contributed by atoms with E-state index in [4.69, 9.17) is 4.74 Å². The molecule has 1 aliphatic rings. The van der Waals surface area contributed by atoms with Gasteiger partial charge in [0.15, 0.2) is 5.13 Å². The number of thiophene rings is 1. The minimum atomic E-state index is -3.20. The number of anilines is 1. The number of aromatic nitrogens is 1. The number of hydrogen-bond donors (Lipinski definition) is 2. The predicted molar refractivity (Wildman–Crippen MR) is 116 cm³/mol. The molecule has 0 spiro atoms. The Morgan fingerprint density at radius 1 is 1.31 bits per heavy atom. The Morgan fingerprint density at radius 3 is 2.72 bits per heavy atom. The number of sulfonamides is 1. The zero-order valence-electron chi connectivity index (χ0n) is 16.7. The topological polar surface area (TPSA) is 101 Å². The molecule has 2 unspecified atom stereocenters. The molecule has 1 aliphatic heterocycles. The summed E-state index contributed by atoms with van der Waals surface area (Å²) in [7, 11) is -3.20. The molecule has 8 nitrogen and oxygen atoms in total. The molecule has 2 aromatic rings. The smallest absolute Gasteiger partial charge is 0.267 e. The van der Waals surface area contributed by atoms with Gasteiger partial charge in [0.1, 0.15) is 0 Å². The summed E-state index contributed by atoms with van der Waals surface area (Å²) in [5.41, 5.74) is 0.935. The van der Waals surface area contributed by atoms with Gasteiger partial charge in [-0.1, -0.05) is 0 Å². The number of thiazole rings is 1. The van der Waals surface area contributed by atoms with Crippen LogP contribution in [0.1, 0.15) is 34.1 Å². The number of rotatable bonds is 8. The van der Waals surface area contributed by atoms with E-state index < -0.39 is 10.0 Å². The van der Waals surface area contributed by atoms with E-state index in [0.717, 1.165) is 36.5 Å². The maximum absolute atomic E-state index is 12.5. The number of amides is 1. The first-order valence-corrected chi connectivity index (χ1v) is 12.9. The normalized spacial score (nSPS) is 20.7. The first-order chi connectivity index (χ1) is 13.7. The van der Waals surface area contributed by atoms with Crippen LogP contribution >= 0.6 is 22.7 Å². The zero-order valence-corrected chi connectivity index (χ0v) is 19.1. The highest BCUT2D eigenvalue weighted by molar-refractivity contribution is 7.88. The molecule has 1 fully saturated rings. The van der Waals surface area contributed by atoms with E-state index in [1.54, 1.807) is 6.07 Å². The van der Waals surface area contributed by atoms with Gasteiger partial charge in [0.2, 0.25) is 10.0 Å². The lowest BCUT2D eigenvalue weighted by molar-refractivity contribution is -0.0707. The summed E-state index contributed by atoms with van der Waals surface area (Å²) in [4.78, 5) is 20.8. The second-order valence-electron chi connectivity index (χ2n) is 7.23. The van der Waals surface area contributed by atoms with E-state index in [2.05, 4.69) is 33.8 Å². The van der Waals surface area contributed by atoms with Crippen molar-refractivity contribution in [2.75, 3.05) is 31.2 Å². The van der Waals surface area contributed by atoms with E-state index in [9.17, 15) is 13.2 Å². The van der Waals surface area contributed by atoms with Gasteiger partial charge in [-0.25, -0.2) is 18.1 Å². The van der Waals surface area contributed by atoms with Crippen molar-refractivity contribution in [2.24, 2.45) is 0 Å². The van der Waals surface area contributed by atoms with E-state index in [0.29, 0.717) is 23.0 Å². The summed E-state index contributed by atoms with van der Waals surface area (Å²) in [6.07, 6.45) is 2.08. The molecule has 3 heterocycles. The molecule has 2 N–H and O–H groups in total. The van der Waals surface area contributed by atoms with Gasteiger partial charge < -0.3 is 4.74 Å². The highest BCUT2D eigenvalue weighted by Gasteiger charge is 2.23. The molecule has 3 rings (SSSR count). The Hall–Kier alpha value is -1.37. The summed E-state index contributed by atoms with van der Waals surface area (Å²) in [6.45, 7) is 6.94. The molecule has 11 heteroatoms. The van der Waals surface area contributed by atoms with Crippen molar-refractivity contribution < 1.29 is 17.9 Å². The molecule has 0 radical (unpaired) electrons. The minimum absolute atomic E-state index is 0.202. The SMILES string of the molecule is CC1CN(Cc2csc(NC(=O)c3ccc(CCNS(C)(=O)=O)s3)n2)CC(C)O1. The fraction of sp³-hybridized carbons (Fsp3) is 0.556. The number of morpholine rings is 1. The third kappa shape index (κ3) is 7.12. The summed E-state index contributed by atoms with van der Waals surface area (Å²) in [5, 5.41) is 5.40. The second-order valence-corrected chi connectivity index (χ2v) is 11.1. The average molecular weight is 459 g/mol. The van der Waals surface area contributed by atoms with Crippen LogP contribution < -0.4 is 10.0 Å². The zero-order chi connectivity index (χ0) is 21.0. The minimum Gasteiger partial charge on any atom is -0.373 e. The van der Waals surface area contributed by atoms with Crippen LogP contribution in [0.4, 0.5) is 5.13 Å². The van der Waals surface area contributed by atoms with Gasteiger partial charge in [-0.05, 0) is 32.4 Å². The van der Waals surface area contributed by atoms with Crippen molar-refractivity contribution >= 4 is 43.7 Å². The molecule has 0 bridgehead atoms. The maximum Gasteiger partial charge on any atom is 0.267 e. The maximum atomic E-state index is 12.5. The fourth-order valence-corrected chi connectivity index (χ4v) is 5.30. The third-order valence-electron chi connectivity index (χ3n) is 4.27. The number of carbonyl (C=O) groups excluding carboxylic acids is 1. The van der Waals surface area contributed by atoms with Crippen molar-refractivity contribution in [3.63, 3.8) is 0 Å². The number of nitrogens with zero attached hydrogens (tertiary/aromatic N) is 2. The van der Waals surface area contributed by atoms with Crippen LogP contribution in [0, 0.1) is 0 Å². The molecule has 2 aromatic heterocycles. The molecule has 0 aliphatic carbocycles. The first kappa shape index (κ1) is 22.3. The van der Waals surface area contributed by atoms with E-state index in [-0.39, 0.29) is 18.1 Å². The quantitative estimate of drug-likeness (QED) is 0.629. The van der Waals surface area contributed by atoms with Crippen LogP contribution in [0.5, 0.6) is 0 Å². The Morgan fingerprint density at radius 2 is 2.03 bits per heavy atom. The molecule has 1 saturated heterocycles. The lowest BCUT2D eigenvalue weighted by Crippen LogP contribution is -2.44. The predicted octanol–water partition coefficient (Wildman–Crippen LogP) is 2.16. The van der Waals surface area contributed by atoms with Crippen molar-refractivity contribution in [3.05, 3.63) is 33.0 Å². The number of carbonyl (C=O) groups is 1. The molecule has 29 heavy (non-hydrogen) atoms. The fourth-order valence-electron chi connectivity index (χ4n) is 3.23. The van der Waals surface area contributed by atoms with Crippen LogP contribution in [-0.2, 0) is 27.7 Å². The molecular formula is C18H26N4O4S3. The summed E-state index contributed by atoms with van der Waals surface area (Å²) >= 11 is 2.77. The second kappa shape index (κ2) is 9.63.